The molecule has 0 saturated carbocycles. The number of hydrogen-bond acceptors (Lipinski definition) is 5. The zero-order valence-electron chi connectivity index (χ0n) is 16.9. The number of rotatable bonds is 6. The quantitative estimate of drug-likeness (QED) is 0.766. The Labute approximate surface area is 180 Å². The van der Waals surface area contributed by atoms with Crippen molar-refractivity contribution >= 4 is 34.7 Å². The Kier molecular flexibility index (Phi) is 6.44. The monoisotopic (exact) mass is 426 g/mol. The summed E-state index contributed by atoms with van der Waals surface area (Å²) >= 11 is 1.75. The Bertz CT molecular complexity index is 890. The number of nitrogens with zero attached hydrogens (tertiary/aromatic N) is 3. The van der Waals surface area contributed by atoms with Gasteiger partial charge in [0.2, 0.25) is 11.8 Å². The molecular formula is C22H26N4O3S. The second-order valence-corrected chi connectivity index (χ2v) is 8.65. The fourth-order valence-electron chi connectivity index (χ4n) is 3.86. The summed E-state index contributed by atoms with van der Waals surface area (Å²) in [7, 11) is 0. The lowest BCUT2D eigenvalue weighted by molar-refractivity contribution is -0.131. The molecule has 0 radical (unpaired) electrons. The Morgan fingerprint density at radius 2 is 1.77 bits per heavy atom. The first-order valence-electron chi connectivity index (χ1n) is 10.3. The van der Waals surface area contributed by atoms with Gasteiger partial charge in [0.15, 0.2) is 0 Å². The van der Waals surface area contributed by atoms with E-state index in [0.29, 0.717) is 25.1 Å². The molecule has 3 heterocycles. The predicted molar refractivity (Wildman–Crippen MR) is 117 cm³/mol. The van der Waals surface area contributed by atoms with Crippen LogP contribution in [-0.4, -0.2) is 66.8 Å². The summed E-state index contributed by atoms with van der Waals surface area (Å²) in [5.41, 5.74) is 1.30. The van der Waals surface area contributed by atoms with Gasteiger partial charge in [0.25, 0.3) is 5.91 Å². The zero-order valence-corrected chi connectivity index (χ0v) is 17.7. The number of nitrogens with one attached hydrogen (secondary N) is 1. The molecule has 2 aliphatic rings. The van der Waals surface area contributed by atoms with Gasteiger partial charge in [0.05, 0.1) is 6.54 Å². The fraction of sp³-hybridized carbons (Fsp3) is 0.409. The summed E-state index contributed by atoms with van der Waals surface area (Å²) in [4.78, 5) is 43.9. The van der Waals surface area contributed by atoms with Crippen LogP contribution in [0.1, 0.15) is 28.1 Å². The Hall–Kier alpha value is -2.71. The zero-order chi connectivity index (χ0) is 20.9. The maximum Gasteiger partial charge on any atom is 0.251 e. The third-order valence-corrected chi connectivity index (χ3v) is 6.46. The van der Waals surface area contributed by atoms with Gasteiger partial charge >= 0.3 is 0 Å². The minimum Gasteiger partial charge on any atom is -0.343 e. The molecule has 0 spiro atoms. The fourth-order valence-corrected chi connectivity index (χ4v) is 4.61. The molecule has 2 aromatic rings. The molecule has 1 N–H and O–H groups in total. The van der Waals surface area contributed by atoms with Crippen molar-refractivity contribution < 1.29 is 14.4 Å². The Morgan fingerprint density at radius 3 is 2.40 bits per heavy atom. The molecule has 158 valence electrons. The van der Waals surface area contributed by atoms with Crippen LogP contribution >= 0.6 is 11.3 Å². The molecule has 4 rings (SSSR count). The molecule has 1 aromatic carbocycles. The minimum atomic E-state index is -0.279. The van der Waals surface area contributed by atoms with Crippen LogP contribution in [-0.2, 0) is 16.1 Å². The first-order chi connectivity index (χ1) is 14.6. The molecule has 2 fully saturated rings. The van der Waals surface area contributed by atoms with Crippen molar-refractivity contribution in [1.29, 1.82) is 0 Å². The van der Waals surface area contributed by atoms with Crippen LogP contribution in [0.3, 0.4) is 0 Å². The smallest absolute Gasteiger partial charge is 0.251 e. The van der Waals surface area contributed by atoms with Crippen molar-refractivity contribution in [2.75, 3.05) is 44.2 Å². The number of piperazine rings is 1. The molecule has 30 heavy (non-hydrogen) atoms. The molecule has 7 nitrogen and oxygen atoms in total. The van der Waals surface area contributed by atoms with E-state index in [1.807, 2.05) is 4.90 Å². The van der Waals surface area contributed by atoms with E-state index < -0.39 is 0 Å². The largest absolute Gasteiger partial charge is 0.343 e. The molecule has 2 saturated heterocycles. The topological polar surface area (TPSA) is 73.0 Å². The molecule has 1 aromatic heterocycles. The van der Waals surface area contributed by atoms with Gasteiger partial charge < -0.3 is 15.1 Å². The average molecular weight is 427 g/mol. The van der Waals surface area contributed by atoms with Gasteiger partial charge in [-0.05, 0) is 42.1 Å². The van der Waals surface area contributed by atoms with Crippen LogP contribution in [0, 0.1) is 0 Å². The number of anilines is 1. The Balaban J connectivity index is 1.22. The first-order valence-corrected chi connectivity index (χ1v) is 11.2. The summed E-state index contributed by atoms with van der Waals surface area (Å²) < 4.78 is 0. The highest BCUT2D eigenvalue weighted by atomic mass is 32.1. The highest BCUT2D eigenvalue weighted by Crippen LogP contribution is 2.21. The lowest BCUT2D eigenvalue weighted by atomic mass is 10.2. The van der Waals surface area contributed by atoms with Crippen molar-refractivity contribution in [3.05, 3.63) is 52.2 Å². The second kappa shape index (κ2) is 9.40. The molecule has 0 aliphatic carbocycles. The predicted octanol–water partition coefficient (Wildman–Crippen LogP) is 1.95. The number of carbonyl (C=O) groups excluding carboxylic acids is 3. The lowest BCUT2D eigenvalue weighted by Gasteiger charge is -2.34. The first kappa shape index (κ1) is 20.6. The standard InChI is InChI=1S/C22H26N4O3S/c27-20-4-1-9-26(20)18-7-5-17(6-8-18)22(29)23-15-21(28)25-12-10-24(11-13-25)16-19-3-2-14-30-19/h2-3,5-8,14H,1,4,9-13,15-16H2,(H,23,29). The van der Waals surface area contributed by atoms with Crippen LogP contribution in [0.25, 0.3) is 0 Å². The normalized spacial score (nSPS) is 17.4. The second-order valence-electron chi connectivity index (χ2n) is 7.61. The van der Waals surface area contributed by atoms with E-state index in [1.165, 1.54) is 4.88 Å². The van der Waals surface area contributed by atoms with Crippen LogP contribution in [0.5, 0.6) is 0 Å². The van der Waals surface area contributed by atoms with Gasteiger partial charge in [-0.3, -0.25) is 19.3 Å². The number of amides is 3. The molecule has 3 amide bonds. The maximum absolute atomic E-state index is 12.5. The molecule has 2 aliphatic heterocycles. The van der Waals surface area contributed by atoms with Crippen molar-refractivity contribution in [2.24, 2.45) is 0 Å². The van der Waals surface area contributed by atoms with Crippen molar-refractivity contribution in [2.45, 2.75) is 19.4 Å². The third-order valence-electron chi connectivity index (χ3n) is 5.60. The lowest BCUT2D eigenvalue weighted by Crippen LogP contribution is -2.50. The molecule has 0 unspecified atom stereocenters. The summed E-state index contributed by atoms with van der Waals surface area (Å²) in [5, 5.41) is 4.80. The maximum atomic E-state index is 12.5. The van der Waals surface area contributed by atoms with Crippen LogP contribution in [0.4, 0.5) is 5.69 Å². The van der Waals surface area contributed by atoms with E-state index in [0.717, 1.165) is 38.3 Å². The van der Waals surface area contributed by atoms with Crippen LogP contribution in [0.15, 0.2) is 41.8 Å². The van der Waals surface area contributed by atoms with Gasteiger partial charge in [-0.2, -0.15) is 0 Å². The number of hydrogen-bond donors (Lipinski definition) is 1. The summed E-state index contributed by atoms with van der Waals surface area (Å²) in [5.74, 6) is -0.217. The van der Waals surface area contributed by atoms with Crippen LogP contribution in [0.2, 0.25) is 0 Å². The van der Waals surface area contributed by atoms with Gasteiger partial charge in [0, 0.05) is 61.8 Å². The SMILES string of the molecule is O=C(NCC(=O)N1CCN(Cc2cccs2)CC1)c1ccc(N2CCCC2=O)cc1. The van der Waals surface area contributed by atoms with Crippen molar-refractivity contribution in [3.8, 4) is 0 Å². The minimum absolute atomic E-state index is 0.00385. The number of carbonyl (C=O) groups is 3. The molecule has 0 bridgehead atoms. The molecule has 0 atom stereocenters. The molecular weight excluding hydrogens is 400 g/mol. The van der Waals surface area contributed by atoms with Gasteiger partial charge in [-0.15, -0.1) is 11.3 Å². The van der Waals surface area contributed by atoms with Crippen molar-refractivity contribution in [3.63, 3.8) is 0 Å². The van der Waals surface area contributed by atoms with Gasteiger partial charge in [-0.25, -0.2) is 0 Å². The van der Waals surface area contributed by atoms with Gasteiger partial charge in [0.1, 0.15) is 0 Å². The number of benzene rings is 1. The third kappa shape index (κ3) is 4.88. The van der Waals surface area contributed by atoms with E-state index in [4.69, 9.17) is 0 Å². The highest BCUT2D eigenvalue weighted by Gasteiger charge is 2.23. The van der Waals surface area contributed by atoms with Crippen LogP contribution < -0.4 is 10.2 Å². The summed E-state index contributed by atoms with van der Waals surface area (Å²) in [6.07, 6.45) is 1.44. The molecule has 8 heteroatoms. The highest BCUT2D eigenvalue weighted by molar-refractivity contribution is 7.09. The van der Waals surface area contributed by atoms with Crippen molar-refractivity contribution in [1.82, 2.24) is 15.1 Å². The Morgan fingerprint density at radius 1 is 1.00 bits per heavy atom. The van der Waals surface area contributed by atoms with E-state index in [-0.39, 0.29) is 24.3 Å². The van der Waals surface area contributed by atoms with Gasteiger partial charge in [-0.1, -0.05) is 6.07 Å². The summed E-state index contributed by atoms with van der Waals surface area (Å²) in [6.45, 7) is 4.69. The average Bonchev–Trinajstić information content (AvgIpc) is 3.44. The number of thiophene rings is 1. The van der Waals surface area contributed by atoms with E-state index >= 15 is 0 Å². The van der Waals surface area contributed by atoms with E-state index in [2.05, 4.69) is 27.7 Å². The van der Waals surface area contributed by atoms with E-state index in [1.54, 1.807) is 40.5 Å². The van der Waals surface area contributed by atoms with E-state index in [9.17, 15) is 14.4 Å². The summed E-state index contributed by atoms with van der Waals surface area (Å²) in [6, 6.07) is 11.2.